The van der Waals surface area contributed by atoms with Crippen LogP contribution in [0, 0.1) is 0 Å². The van der Waals surface area contributed by atoms with Crippen LogP contribution in [-0.4, -0.2) is 28.6 Å². The monoisotopic (exact) mass is 328 g/mol. The fraction of sp³-hybridized carbons (Fsp3) is 0.286. The number of aromatic nitrogens is 2. The van der Waals surface area contributed by atoms with E-state index in [1.807, 2.05) is 0 Å². The van der Waals surface area contributed by atoms with Crippen LogP contribution in [0.15, 0.2) is 41.3 Å². The van der Waals surface area contributed by atoms with E-state index in [1.165, 1.54) is 18.2 Å². The van der Waals surface area contributed by atoms with Gasteiger partial charge in [-0.25, -0.2) is 0 Å². The third-order valence-electron chi connectivity index (χ3n) is 3.01. The Morgan fingerprint density at radius 1 is 1.22 bits per heavy atom. The van der Waals surface area contributed by atoms with Gasteiger partial charge in [-0.3, -0.25) is 9.36 Å². The summed E-state index contributed by atoms with van der Waals surface area (Å²) in [5.41, 5.74) is -0.391. The summed E-state index contributed by atoms with van der Waals surface area (Å²) in [6.45, 7) is 0.634. The van der Waals surface area contributed by atoms with Crippen molar-refractivity contribution in [2.45, 2.75) is 19.0 Å². The van der Waals surface area contributed by atoms with Crippen molar-refractivity contribution in [1.82, 2.24) is 9.55 Å². The number of nitrogens with zero attached hydrogens (tertiary/aromatic N) is 2. The van der Waals surface area contributed by atoms with E-state index in [0.29, 0.717) is 12.3 Å². The molecule has 23 heavy (non-hydrogen) atoms. The Balaban J connectivity index is 1.54. The average molecular weight is 328 g/mol. The van der Waals surface area contributed by atoms with Gasteiger partial charge in [-0.05, 0) is 24.3 Å². The minimum Gasteiger partial charge on any atom is -0.490 e. The molecule has 2 heterocycles. The quantitative estimate of drug-likeness (QED) is 0.859. The molecule has 1 aliphatic rings. The van der Waals surface area contributed by atoms with Crippen LogP contribution in [0.1, 0.15) is 0 Å². The Morgan fingerprint density at radius 2 is 1.91 bits per heavy atom. The summed E-state index contributed by atoms with van der Waals surface area (Å²) < 4.78 is 52.5. The van der Waals surface area contributed by atoms with Gasteiger partial charge in [0, 0.05) is 12.3 Å². The van der Waals surface area contributed by atoms with Crippen LogP contribution in [-0.2, 0) is 6.54 Å². The Morgan fingerprint density at radius 3 is 2.61 bits per heavy atom. The molecule has 0 saturated carbocycles. The second-order valence-corrected chi connectivity index (χ2v) is 4.77. The Bertz CT molecular complexity index is 743. The fourth-order valence-corrected chi connectivity index (χ4v) is 2.07. The van der Waals surface area contributed by atoms with Gasteiger partial charge in [-0.2, -0.15) is 4.98 Å². The first-order chi connectivity index (χ1) is 10.9. The number of halogens is 3. The molecule has 0 saturated heterocycles. The Hall–Kier alpha value is -2.71. The highest BCUT2D eigenvalue weighted by molar-refractivity contribution is 5.31. The van der Waals surface area contributed by atoms with Crippen LogP contribution < -0.4 is 19.8 Å². The maximum absolute atomic E-state index is 12.1. The lowest BCUT2D eigenvalue weighted by molar-refractivity contribution is -0.274. The van der Waals surface area contributed by atoms with Gasteiger partial charge in [-0.1, -0.05) is 0 Å². The minimum atomic E-state index is -4.73. The topological polar surface area (TPSA) is 62.6 Å². The zero-order chi connectivity index (χ0) is 16.4. The number of ether oxygens (including phenoxy) is 3. The second-order valence-electron chi connectivity index (χ2n) is 4.77. The molecule has 0 fully saturated rings. The summed E-state index contributed by atoms with van der Waals surface area (Å²) in [6, 6.07) is 6.60. The van der Waals surface area contributed by atoms with Crippen LogP contribution in [0.3, 0.4) is 0 Å². The maximum atomic E-state index is 12.1. The number of hydrogen-bond acceptors (Lipinski definition) is 5. The Labute approximate surface area is 128 Å². The summed E-state index contributed by atoms with van der Waals surface area (Å²) >= 11 is 0. The van der Waals surface area contributed by atoms with E-state index in [4.69, 9.17) is 9.47 Å². The molecule has 0 spiro atoms. The van der Waals surface area contributed by atoms with E-state index >= 15 is 0 Å². The van der Waals surface area contributed by atoms with Crippen molar-refractivity contribution < 1.29 is 27.4 Å². The lowest BCUT2D eigenvalue weighted by Crippen LogP contribution is -2.23. The van der Waals surface area contributed by atoms with Gasteiger partial charge < -0.3 is 14.2 Å². The highest BCUT2D eigenvalue weighted by atomic mass is 19.4. The SMILES string of the molecule is O=c1ccn2c(n1)OC(COc1ccc(OC(F)(F)F)cc1)C2. The lowest BCUT2D eigenvalue weighted by Gasteiger charge is -2.12. The van der Waals surface area contributed by atoms with Crippen molar-refractivity contribution >= 4 is 0 Å². The van der Waals surface area contributed by atoms with Crippen molar-refractivity contribution in [2.24, 2.45) is 0 Å². The molecule has 3 rings (SSSR count). The number of alkyl halides is 3. The molecule has 1 aliphatic heterocycles. The lowest BCUT2D eigenvalue weighted by atomic mass is 10.3. The molecular formula is C14H11F3N2O4. The molecule has 0 amide bonds. The van der Waals surface area contributed by atoms with Gasteiger partial charge >= 0.3 is 6.36 Å². The van der Waals surface area contributed by atoms with E-state index in [9.17, 15) is 18.0 Å². The zero-order valence-corrected chi connectivity index (χ0v) is 11.6. The molecule has 1 aromatic carbocycles. The average Bonchev–Trinajstić information content (AvgIpc) is 2.87. The van der Waals surface area contributed by atoms with Crippen LogP contribution >= 0.6 is 0 Å². The zero-order valence-electron chi connectivity index (χ0n) is 11.6. The predicted octanol–water partition coefficient (Wildman–Crippen LogP) is 1.98. The molecule has 6 nitrogen and oxygen atoms in total. The van der Waals surface area contributed by atoms with Gasteiger partial charge in [0.25, 0.3) is 11.6 Å². The van der Waals surface area contributed by atoms with E-state index in [2.05, 4.69) is 9.72 Å². The smallest absolute Gasteiger partial charge is 0.490 e. The predicted molar refractivity (Wildman–Crippen MR) is 71.5 cm³/mol. The number of hydrogen-bond donors (Lipinski definition) is 0. The first-order valence-electron chi connectivity index (χ1n) is 6.62. The van der Waals surface area contributed by atoms with Crippen molar-refractivity contribution in [3.63, 3.8) is 0 Å². The molecular weight excluding hydrogens is 317 g/mol. The molecule has 0 radical (unpaired) electrons. The standard InChI is InChI=1S/C14H11F3N2O4/c15-14(16,17)23-10-3-1-9(2-4-10)21-8-11-7-19-6-5-12(20)18-13(19)22-11/h1-6,11H,7-8H2. The van der Waals surface area contributed by atoms with Gasteiger partial charge in [0.05, 0.1) is 6.54 Å². The summed E-state index contributed by atoms with van der Waals surface area (Å²) in [5.74, 6) is 0.0543. The highest BCUT2D eigenvalue weighted by Gasteiger charge is 2.31. The third kappa shape index (κ3) is 3.93. The fourth-order valence-electron chi connectivity index (χ4n) is 2.07. The van der Waals surface area contributed by atoms with Gasteiger partial charge in [0.15, 0.2) is 6.10 Å². The van der Waals surface area contributed by atoms with Gasteiger partial charge in [0.1, 0.15) is 18.1 Å². The first-order valence-corrected chi connectivity index (χ1v) is 6.62. The molecule has 0 bridgehead atoms. The molecule has 9 heteroatoms. The molecule has 122 valence electrons. The van der Waals surface area contributed by atoms with Crippen LogP contribution in [0.2, 0.25) is 0 Å². The van der Waals surface area contributed by atoms with Crippen molar-refractivity contribution in [3.05, 3.63) is 46.9 Å². The van der Waals surface area contributed by atoms with Crippen molar-refractivity contribution in [2.75, 3.05) is 6.61 Å². The van der Waals surface area contributed by atoms with Crippen molar-refractivity contribution in [3.8, 4) is 17.5 Å². The first kappa shape index (κ1) is 15.2. The Kier molecular flexibility index (Phi) is 3.85. The van der Waals surface area contributed by atoms with E-state index in [1.54, 1.807) is 10.8 Å². The van der Waals surface area contributed by atoms with E-state index < -0.39 is 11.9 Å². The molecule has 0 aliphatic carbocycles. The summed E-state index contributed by atoms with van der Waals surface area (Å²) in [4.78, 5) is 14.8. The maximum Gasteiger partial charge on any atom is 0.573 e. The molecule has 1 unspecified atom stereocenters. The van der Waals surface area contributed by atoms with Gasteiger partial charge in [-0.15, -0.1) is 13.2 Å². The number of benzene rings is 1. The molecule has 0 N–H and O–H groups in total. The second kappa shape index (κ2) is 5.82. The minimum absolute atomic E-state index is 0.164. The summed E-state index contributed by atoms with van der Waals surface area (Å²) in [5, 5.41) is 0. The van der Waals surface area contributed by atoms with Crippen molar-refractivity contribution in [1.29, 1.82) is 0 Å². The third-order valence-corrected chi connectivity index (χ3v) is 3.01. The number of fused-ring (bicyclic) bond motifs is 1. The summed E-state index contributed by atoms with van der Waals surface area (Å²) in [7, 11) is 0. The molecule has 1 atom stereocenters. The number of rotatable bonds is 4. The van der Waals surface area contributed by atoms with E-state index in [0.717, 1.165) is 12.1 Å². The van der Waals surface area contributed by atoms with Crippen LogP contribution in [0.5, 0.6) is 17.5 Å². The van der Waals surface area contributed by atoms with Gasteiger partial charge in [0.2, 0.25) is 0 Å². The normalized spacial score (nSPS) is 16.6. The van der Waals surface area contributed by atoms with Crippen LogP contribution in [0.25, 0.3) is 0 Å². The largest absolute Gasteiger partial charge is 0.573 e. The van der Waals surface area contributed by atoms with Crippen LogP contribution in [0.4, 0.5) is 13.2 Å². The highest BCUT2D eigenvalue weighted by Crippen LogP contribution is 2.25. The molecule has 2 aromatic rings. The van der Waals surface area contributed by atoms with E-state index in [-0.39, 0.29) is 24.5 Å². The molecule has 1 aromatic heterocycles. The summed E-state index contributed by atoms with van der Waals surface area (Å²) in [6.07, 6.45) is -3.49.